The van der Waals surface area contributed by atoms with Crippen molar-refractivity contribution in [3.8, 4) is 0 Å². The molecule has 0 saturated heterocycles. The smallest absolute Gasteiger partial charge is 0.0414 e. The van der Waals surface area contributed by atoms with Crippen LogP contribution in [0, 0.1) is 11.8 Å². The second-order valence-electron chi connectivity index (χ2n) is 7.00. The van der Waals surface area contributed by atoms with E-state index in [0.29, 0.717) is 0 Å². The van der Waals surface area contributed by atoms with Gasteiger partial charge < -0.3 is 0 Å². The highest BCUT2D eigenvalue weighted by atomic mass is 14.2. The van der Waals surface area contributed by atoms with Gasteiger partial charge in [-0.3, -0.25) is 0 Å². The van der Waals surface area contributed by atoms with Gasteiger partial charge in [0.05, 0.1) is 0 Å². The third-order valence-corrected chi connectivity index (χ3v) is 5.43. The van der Waals surface area contributed by atoms with Crippen molar-refractivity contribution >= 4 is 0 Å². The fraction of sp³-hybridized carbons (Fsp3) is 1.00. The summed E-state index contributed by atoms with van der Waals surface area (Å²) in [5.74, 6) is 2.19. The predicted molar refractivity (Wildman–Crippen MR) is 80.9 cm³/mol. The Balaban J connectivity index is 1.64. The van der Waals surface area contributed by atoms with Crippen molar-refractivity contribution in [2.45, 2.75) is 103 Å². The van der Waals surface area contributed by atoms with Crippen LogP contribution < -0.4 is 0 Å². The Morgan fingerprint density at radius 1 is 0.389 bits per heavy atom. The molecular weight excluding hydrogens is 216 g/mol. The molecule has 0 heterocycles. The number of rotatable bonds is 3. The Bertz CT molecular complexity index is 158. The maximum atomic E-state index is 1.56. The van der Waals surface area contributed by atoms with Crippen molar-refractivity contribution < 1.29 is 0 Å². The first-order valence-corrected chi connectivity index (χ1v) is 8.95. The summed E-state index contributed by atoms with van der Waals surface area (Å²) in [5.41, 5.74) is 0. The molecule has 0 atom stereocenters. The zero-order valence-electron chi connectivity index (χ0n) is 12.5. The van der Waals surface area contributed by atoms with E-state index >= 15 is 0 Å². The van der Waals surface area contributed by atoms with Crippen LogP contribution in [0.25, 0.3) is 0 Å². The summed E-state index contributed by atoms with van der Waals surface area (Å²) < 4.78 is 0. The minimum atomic E-state index is 1.09. The SMILES string of the molecule is C1CCCC(CCC2CCCCCCC2)CCC1. The summed E-state index contributed by atoms with van der Waals surface area (Å²) in [5, 5.41) is 0. The molecule has 106 valence electrons. The molecule has 0 aliphatic heterocycles. The van der Waals surface area contributed by atoms with Crippen LogP contribution in [0.3, 0.4) is 0 Å². The average molecular weight is 250 g/mol. The van der Waals surface area contributed by atoms with E-state index in [9.17, 15) is 0 Å². The number of hydrogen-bond acceptors (Lipinski definition) is 0. The normalized spacial score (nSPS) is 26.0. The molecule has 2 fully saturated rings. The standard InChI is InChI=1S/C18H34/c1-3-7-11-17(12-8-4-1)15-16-18-13-9-5-2-6-10-14-18/h17-18H,1-16H2. The topological polar surface area (TPSA) is 0 Å². The molecule has 0 unspecified atom stereocenters. The highest BCUT2D eigenvalue weighted by Crippen LogP contribution is 2.31. The van der Waals surface area contributed by atoms with Crippen molar-refractivity contribution in [2.75, 3.05) is 0 Å². The lowest BCUT2D eigenvalue weighted by Gasteiger charge is -2.24. The average Bonchev–Trinajstić information content (AvgIpc) is 2.29. The van der Waals surface area contributed by atoms with Gasteiger partial charge in [-0.1, -0.05) is 103 Å². The molecule has 0 spiro atoms. The Kier molecular flexibility index (Phi) is 7.20. The highest BCUT2D eigenvalue weighted by Gasteiger charge is 2.15. The van der Waals surface area contributed by atoms with Gasteiger partial charge in [-0.15, -0.1) is 0 Å². The Morgan fingerprint density at radius 3 is 1.00 bits per heavy atom. The maximum Gasteiger partial charge on any atom is -0.0414 e. The van der Waals surface area contributed by atoms with E-state index in [4.69, 9.17) is 0 Å². The van der Waals surface area contributed by atoms with Crippen LogP contribution in [0.1, 0.15) is 103 Å². The van der Waals surface area contributed by atoms with E-state index in [2.05, 4.69) is 0 Å². The summed E-state index contributed by atoms with van der Waals surface area (Å²) in [4.78, 5) is 0. The Labute approximate surface area is 115 Å². The van der Waals surface area contributed by atoms with Crippen LogP contribution in [-0.2, 0) is 0 Å². The third-order valence-electron chi connectivity index (χ3n) is 5.43. The van der Waals surface area contributed by atoms with Crippen molar-refractivity contribution in [3.63, 3.8) is 0 Å². The zero-order chi connectivity index (χ0) is 12.5. The number of hydrogen-bond donors (Lipinski definition) is 0. The first-order valence-electron chi connectivity index (χ1n) is 8.95. The first-order chi connectivity index (χ1) is 8.95. The van der Waals surface area contributed by atoms with E-state index in [-0.39, 0.29) is 0 Å². The van der Waals surface area contributed by atoms with Gasteiger partial charge in [0.2, 0.25) is 0 Å². The largest absolute Gasteiger partial charge is 0.0533 e. The first kappa shape index (κ1) is 14.4. The molecule has 2 aliphatic rings. The van der Waals surface area contributed by atoms with E-state index in [1.54, 1.807) is 38.5 Å². The van der Waals surface area contributed by atoms with Gasteiger partial charge in [-0.05, 0) is 11.8 Å². The minimum Gasteiger partial charge on any atom is -0.0533 e. The molecule has 2 rings (SSSR count). The lowest BCUT2D eigenvalue weighted by atomic mass is 9.82. The van der Waals surface area contributed by atoms with Gasteiger partial charge in [0.15, 0.2) is 0 Å². The molecule has 2 saturated carbocycles. The van der Waals surface area contributed by atoms with Crippen LogP contribution >= 0.6 is 0 Å². The maximum absolute atomic E-state index is 1.56. The van der Waals surface area contributed by atoms with Gasteiger partial charge in [0.25, 0.3) is 0 Å². The summed E-state index contributed by atoms with van der Waals surface area (Å²) in [6.07, 6.45) is 24.5. The van der Waals surface area contributed by atoms with Crippen LogP contribution in [0.2, 0.25) is 0 Å². The summed E-state index contributed by atoms with van der Waals surface area (Å²) in [6.45, 7) is 0. The lowest BCUT2D eigenvalue weighted by molar-refractivity contribution is 0.293. The van der Waals surface area contributed by atoms with Gasteiger partial charge in [0, 0.05) is 0 Å². The summed E-state index contributed by atoms with van der Waals surface area (Å²) in [7, 11) is 0. The van der Waals surface area contributed by atoms with Crippen molar-refractivity contribution in [3.05, 3.63) is 0 Å². The van der Waals surface area contributed by atoms with E-state index in [0.717, 1.165) is 11.8 Å². The van der Waals surface area contributed by atoms with Crippen molar-refractivity contribution in [2.24, 2.45) is 11.8 Å². The van der Waals surface area contributed by atoms with E-state index in [1.165, 1.54) is 64.2 Å². The fourth-order valence-electron chi connectivity index (χ4n) is 4.13. The molecule has 0 amide bonds. The molecular formula is C18H34. The predicted octanol–water partition coefficient (Wildman–Crippen LogP) is 6.49. The lowest BCUT2D eigenvalue weighted by Crippen LogP contribution is -2.09. The minimum absolute atomic E-state index is 1.09. The summed E-state index contributed by atoms with van der Waals surface area (Å²) in [6, 6.07) is 0. The Hall–Kier alpha value is 0. The van der Waals surface area contributed by atoms with Gasteiger partial charge in [-0.2, -0.15) is 0 Å². The summed E-state index contributed by atoms with van der Waals surface area (Å²) >= 11 is 0. The second kappa shape index (κ2) is 8.99. The zero-order valence-corrected chi connectivity index (χ0v) is 12.5. The Morgan fingerprint density at radius 2 is 0.667 bits per heavy atom. The molecule has 0 bridgehead atoms. The molecule has 0 nitrogen and oxygen atoms in total. The van der Waals surface area contributed by atoms with Gasteiger partial charge >= 0.3 is 0 Å². The monoisotopic (exact) mass is 250 g/mol. The van der Waals surface area contributed by atoms with Crippen molar-refractivity contribution in [1.29, 1.82) is 0 Å². The third kappa shape index (κ3) is 5.76. The molecule has 0 radical (unpaired) electrons. The molecule has 0 aromatic carbocycles. The molecule has 0 aromatic rings. The second-order valence-corrected chi connectivity index (χ2v) is 7.00. The van der Waals surface area contributed by atoms with Crippen molar-refractivity contribution in [1.82, 2.24) is 0 Å². The molecule has 0 N–H and O–H groups in total. The molecule has 0 aromatic heterocycles. The van der Waals surface area contributed by atoms with Gasteiger partial charge in [-0.25, -0.2) is 0 Å². The van der Waals surface area contributed by atoms with Gasteiger partial charge in [0.1, 0.15) is 0 Å². The molecule has 18 heavy (non-hydrogen) atoms. The van der Waals surface area contributed by atoms with Crippen LogP contribution in [0.4, 0.5) is 0 Å². The molecule has 0 heteroatoms. The highest BCUT2D eigenvalue weighted by molar-refractivity contribution is 4.69. The van der Waals surface area contributed by atoms with E-state index in [1.807, 2.05) is 0 Å². The molecule has 2 aliphatic carbocycles. The quantitative estimate of drug-likeness (QED) is 0.537. The van der Waals surface area contributed by atoms with E-state index < -0.39 is 0 Å². The van der Waals surface area contributed by atoms with Crippen LogP contribution in [0.15, 0.2) is 0 Å². The van der Waals surface area contributed by atoms with Crippen LogP contribution in [0.5, 0.6) is 0 Å². The van der Waals surface area contributed by atoms with Crippen LogP contribution in [-0.4, -0.2) is 0 Å². The fourth-order valence-corrected chi connectivity index (χ4v) is 4.13.